The van der Waals surface area contributed by atoms with Crippen LogP contribution in [0.25, 0.3) is 0 Å². The van der Waals surface area contributed by atoms with Crippen molar-refractivity contribution in [2.75, 3.05) is 6.54 Å². The van der Waals surface area contributed by atoms with Crippen molar-refractivity contribution in [3.8, 4) is 0 Å². The van der Waals surface area contributed by atoms with Crippen LogP contribution in [-0.4, -0.2) is 12.5 Å². The molecule has 23 heavy (non-hydrogen) atoms. The molecule has 0 spiro atoms. The fourth-order valence-electron chi connectivity index (χ4n) is 2.24. The van der Waals surface area contributed by atoms with Crippen LogP contribution in [0.5, 0.6) is 0 Å². The third-order valence-corrected chi connectivity index (χ3v) is 4.19. The van der Waals surface area contributed by atoms with Gasteiger partial charge in [-0.05, 0) is 49.2 Å². The maximum atomic E-state index is 12.1. The van der Waals surface area contributed by atoms with Crippen LogP contribution in [0.2, 0.25) is 10.0 Å². The fourth-order valence-corrected chi connectivity index (χ4v) is 2.49. The van der Waals surface area contributed by atoms with Gasteiger partial charge < -0.3 is 10.6 Å². The molecule has 0 aliphatic carbocycles. The summed E-state index contributed by atoms with van der Waals surface area (Å²) >= 11 is 11.7. The molecule has 2 atom stereocenters. The number of carbonyl (C=O) groups is 1. The van der Waals surface area contributed by atoms with E-state index in [0.29, 0.717) is 10.0 Å². The van der Waals surface area contributed by atoms with Crippen molar-refractivity contribution in [1.82, 2.24) is 10.6 Å². The maximum absolute atomic E-state index is 12.1. The zero-order valence-corrected chi connectivity index (χ0v) is 14.7. The van der Waals surface area contributed by atoms with Gasteiger partial charge in [-0.15, -0.1) is 0 Å². The lowest BCUT2D eigenvalue weighted by molar-refractivity contribution is -0.121. The van der Waals surface area contributed by atoms with Gasteiger partial charge in [0.1, 0.15) is 0 Å². The Bertz CT molecular complexity index is 641. The molecule has 0 bridgehead atoms. The summed E-state index contributed by atoms with van der Waals surface area (Å²) in [6, 6.07) is 15.1. The van der Waals surface area contributed by atoms with Gasteiger partial charge in [0.2, 0.25) is 5.91 Å². The van der Waals surface area contributed by atoms with Crippen LogP contribution in [0, 0.1) is 0 Å². The Kier molecular flexibility index (Phi) is 6.46. The van der Waals surface area contributed by atoms with Crippen LogP contribution in [0.3, 0.4) is 0 Å². The van der Waals surface area contributed by atoms with Crippen molar-refractivity contribution < 1.29 is 4.79 Å². The Labute approximate surface area is 147 Å². The predicted molar refractivity (Wildman–Crippen MR) is 95.9 cm³/mol. The van der Waals surface area contributed by atoms with Crippen molar-refractivity contribution in [3.05, 3.63) is 69.7 Å². The minimum absolute atomic E-state index is 0.0479. The third-order valence-electron chi connectivity index (χ3n) is 3.69. The molecule has 0 saturated heterocycles. The summed E-state index contributed by atoms with van der Waals surface area (Å²) in [5.41, 5.74) is 2.11. The molecule has 5 heteroatoms. The maximum Gasteiger partial charge on any atom is 0.234 e. The lowest BCUT2D eigenvalue weighted by Crippen LogP contribution is -2.36. The quantitative estimate of drug-likeness (QED) is 0.803. The van der Waals surface area contributed by atoms with E-state index in [0.717, 1.165) is 11.1 Å². The molecule has 0 aromatic heterocycles. The molecule has 1 amide bonds. The topological polar surface area (TPSA) is 41.1 Å². The van der Waals surface area contributed by atoms with Gasteiger partial charge in [-0.1, -0.05) is 47.5 Å². The van der Waals surface area contributed by atoms with E-state index in [1.807, 2.05) is 62.4 Å². The Hall–Kier alpha value is -1.55. The summed E-state index contributed by atoms with van der Waals surface area (Å²) in [7, 11) is 0. The average Bonchev–Trinajstić information content (AvgIpc) is 2.54. The molecule has 0 saturated carbocycles. The van der Waals surface area contributed by atoms with Crippen LogP contribution in [0.4, 0.5) is 0 Å². The summed E-state index contributed by atoms with van der Waals surface area (Å²) in [5.74, 6) is -0.0479. The number of hydrogen-bond acceptors (Lipinski definition) is 2. The van der Waals surface area contributed by atoms with Crippen molar-refractivity contribution in [2.24, 2.45) is 0 Å². The molecule has 2 aromatic carbocycles. The lowest BCUT2D eigenvalue weighted by Gasteiger charge is -2.17. The molecule has 2 N–H and O–H groups in total. The standard InChI is InChI=1S/C18H20Cl2N2O/c1-12(14-3-7-16(19)8-4-14)21-11-18(23)22-13(2)15-5-9-17(20)10-6-15/h3-10,12-13,21H,11H2,1-2H3,(H,22,23)/t12-,13-/m1/s1. The van der Waals surface area contributed by atoms with E-state index in [-0.39, 0.29) is 24.5 Å². The highest BCUT2D eigenvalue weighted by atomic mass is 35.5. The second-order valence-corrected chi connectivity index (χ2v) is 6.37. The number of hydrogen-bond donors (Lipinski definition) is 2. The van der Waals surface area contributed by atoms with E-state index in [9.17, 15) is 4.79 Å². The zero-order valence-electron chi connectivity index (χ0n) is 13.1. The van der Waals surface area contributed by atoms with E-state index < -0.39 is 0 Å². The molecule has 3 nitrogen and oxygen atoms in total. The summed E-state index contributed by atoms with van der Waals surface area (Å²) in [5, 5.41) is 7.56. The molecule has 122 valence electrons. The predicted octanol–water partition coefficient (Wildman–Crippen LogP) is 4.52. The monoisotopic (exact) mass is 350 g/mol. The molecule has 0 heterocycles. The van der Waals surface area contributed by atoms with Crippen LogP contribution >= 0.6 is 23.2 Å². The first-order chi connectivity index (χ1) is 11.0. The first kappa shape index (κ1) is 17.8. The minimum Gasteiger partial charge on any atom is -0.348 e. The van der Waals surface area contributed by atoms with Crippen LogP contribution < -0.4 is 10.6 Å². The molecule has 0 unspecified atom stereocenters. The number of halogens is 2. The summed E-state index contributed by atoms with van der Waals surface area (Å²) in [4.78, 5) is 12.1. The highest BCUT2D eigenvalue weighted by molar-refractivity contribution is 6.30. The number of amides is 1. The van der Waals surface area contributed by atoms with Crippen LogP contribution in [0.15, 0.2) is 48.5 Å². The average molecular weight is 351 g/mol. The molecule has 0 radical (unpaired) electrons. The SMILES string of the molecule is C[C@@H](NCC(=O)N[C@H](C)c1ccc(Cl)cc1)c1ccc(Cl)cc1. The van der Waals surface area contributed by atoms with E-state index in [1.165, 1.54) is 0 Å². The number of benzene rings is 2. The van der Waals surface area contributed by atoms with E-state index >= 15 is 0 Å². The summed E-state index contributed by atoms with van der Waals surface area (Å²) in [6.45, 7) is 4.21. The molecule has 0 aliphatic heterocycles. The van der Waals surface area contributed by atoms with E-state index in [1.54, 1.807) is 0 Å². The summed E-state index contributed by atoms with van der Waals surface area (Å²) < 4.78 is 0. The molecule has 0 fully saturated rings. The zero-order chi connectivity index (χ0) is 16.8. The second kappa shape index (κ2) is 8.34. The van der Waals surface area contributed by atoms with Gasteiger partial charge in [0, 0.05) is 16.1 Å². The number of rotatable bonds is 6. The van der Waals surface area contributed by atoms with Gasteiger partial charge in [-0.2, -0.15) is 0 Å². The van der Waals surface area contributed by atoms with E-state index in [4.69, 9.17) is 23.2 Å². The van der Waals surface area contributed by atoms with Gasteiger partial charge in [0.25, 0.3) is 0 Å². The number of carbonyl (C=O) groups excluding carboxylic acids is 1. The van der Waals surface area contributed by atoms with Gasteiger partial charge in [-0.3, -0.25) is 4.79 Å². The van der Waals surface area contributed by atoms with Gasteiger partial charge in [-0.25, -0.2) is 0 Å². The van der Waals surface area contributed by atoms with Crippen LogP contribution in [-0.2, 0) is 4.79 Å². The smallest absolute Gasteiger partial charge is 0.234 e. The van der Waals surface area contributed by atoms with E-state index in [2.05, 4.69) is 10.6 Å². The molecule has 2 aromatic rings. The first-order valence-corrected chi connectivity index (χ1v) is 8.25. The molecular formula is C18H20Cl2N2O. The van der Waals surface area contributed by atoms with Crippen molar-refractivity contribution >= 4 is 29.1 Å². The Morgan fingerprint density at radius 1 is 0.870 bits per heavy atom. The Morgan fingerprint density at radius 3 is 1.78 bits per heavy atom. The first-order valence-electron chi connectivity index (χ1n) is 7.49. The third kappa shape index (κ3) is 5.54. The van der Waals surface area contributed by atoms with Gasteiger partial charge in [0.05, 0.1) is 12.6 Å². The Balaban J connectivity index is 1.82. The van der Waals surface area contributed by atoms with Crippen molar-refractivity contribution in [1.29, 1.82) is 0 Å². The highest BCUT2D eigenvalue weighted by Crippen LogP contribution is 2.17. The fraction of sp³-hybridized carbons (Fsp3) is 0.278. The van der Waals surface area contributed by atoms with Crippen molar-refractivity contribution in [2.45, 2.75) is 25.9 Å². The molecule has 2 rings (SSSR count). The normalized spacial score (nSPS) is 13.4. The minimum atomic E-state index is -0.0626. The highest BCUT2D eigenvalue weighted by Gasteiger charge is 2.11. The largest absolute Gasteiger partial charge is 0.348 e. The molecule has 0 aliphatic rings. The van der Waals surface area contributed by atoms with Crippen molar-refractivity contribution in [3.63, 3.8) is 0 Å². The lowest BCUT2D eigenvalue weighted by atomic mass is 10.1. The van der Waals surface area contributed by atoms with Crippen LogP contribution in [0.1, 0.15) is 37.1 Å². The van der Waals surface area contributed by atoms with Gasteiger partial charge in [0.15, 0.2) is 0 Å². The Morgan fingerprint density at radius 2 is 1.30 bits per heavy atom. The second-order valence-electron chi connectivity index (χ2n) is 5.49. The number of nitrogens with one attached hydrogen (secondary N) is 2. The molecular weight excluding hydrogens is 331 g/mol. The van der Waals surface area contributed by atoms with Gasteiger partial charge >= 0.3 is 0 Å². The summed E-state index contributed by atoms with van der Waals surface area (Å²) in [6.07, 6.45) is 0.